The van der Waals surface area contributed by atoms with Gasteiger partial charge in [0.2, 0.25) is 5.91 Å². The average Bonchev–Trinajstić information content (AvgIpc) is 2.75. The van der Waals surface area contributed by atoms with Crippen LogP contribution in [0.15, 0.2) is 48.5 Å². The Morgan fingerprint density at radius 3 is 2.41 bits per heavy atom. The smallest absolute Gasteiger partial charge is 0.258 e. The van der Waals surface area contributed by atoms with Gasteiger partial charge in [0.15, 0.2) is 6.61 Å². The van der Waals surface area contributed by atoms with E-state index in [0.717, 1.165) is 18.7 Å². The van der Waals surface area contributed by atoms with Crippen LogP contribution in [-0.4, -0.2) is 60.9 Å². The van der Waals surface area contributed by atoms with Gasteiger partial charge in [-0.2, -0.15) is 0 Å². The molecule has 0 unspecified atom stereocenters. The lowest BCUT2D eigenvalue weighted by molar-refractivity contribution is -0.134. The van der Waals surface area contributed by atoms with Crippen molar-refractivity contribution in [1.82, 2.24) is 15.1 Å². The number of nitrogens with zero attached hydrogens (tertiary/aromatic N) is 2. The van der Waals surface area contributed by atoms with E-state index in [1.165, 1.54) is 0 Å². The number of rotatable bonds is 7. The fraction of sp³-hybridized carbons (Fsp3) is 0.333. The fourth-order valence-electron chi connectivity index (χ4n) is 3.07. The van der Waals surface area contributed by atoms with Crippen LogP contribution in [0.1, 0.15) is 5.56 Å². The molecule has 0 spiro atoms. The van der Waals surface area contributed by atoms with Gasteiger partial charge in [-0.1, -0.05) is 53.5 Å². The summed E-state index contributed by atoms with van der Waals surface area (Å²) in [6.45, 7) is 3.22. The largest absolute Gasteiger partial charge is 0.484 e. The van der Waals surface area contributed by atoms with Crippen LogP contribution in [0.4, 0.5) is 0 Å². The second-order valence-corrected chi connectivity index (χ2v) is 7.53. The van der Waals surface area contributed by atoms with E-state index in [9.17, 15) is 9.59 Å². The van der Waals surface area contributed by atoms with Crippen molar-refractivity contribution in [3.63, 3.8) is 0 Å². The molecule has 0 saturated carbocycles. The molecule has 0 radical (unpaired) electrons. The number of para-hydroxylation sites is 1. The lowest BCUT2D eigenvalue weighted by atomic mass is 10.2. The summed E-state index contributed by atoms with van der Waals surface area (Å²) < 4.78 is 5.37. The highest BCUT2D eigenvalue weighted by molar-refractivity contribution is 6.42. The van der Waals surface area contributed by atoms with Crippen molar-refractivity contribution in [3.05, 3.63) is 64.1 Å². The van der Waals surface area contributed by atoms with Gasteiger partial charge in [0.1, 0.15) is 5.75 Å². The molecule has 0 aromatic heterocycles. The summed E-state index contributed by atoms with van der Waals surface area (Å²) in [5, 5.41) is 3.74. The van der Waals surface area contributed by atoms with Crippen LogP contribution in [0.3, 0.4) is 0 Å². The van der Waals surface area contributed by atoms with Crippen LogP contribution in [0.5, 0.6) is 5.75 Å². The number of hydrogen-bond donors (Lipinski definition) is 1. The van der Waals surface area contributed by atoms with Gasteiger partial charge in [0, 0.05) is 32.7 Å². The van der Waals surface area contributed by atoms with Crippen LogP contribution in [0.25, 0.3) is 0 Å². The quantitative estimate of drug-likeness (QED) is 0.725. The molecule has 0 aliphatic carbocycles. The monoisotopic (exact) mass is 435 g/mol. The summed E-state index contributed by atoms with van der Waals surface area (Å²) in [4.78, 5) is 28.2. The zero-order chi connectivity index (χ0) is 20.6. The number of nitrogens with one attached hydrogen (secondary N) is 1. The van der Waals surface area contributed by atoms with E-state index in [2.05, 4.69) is 10.2 Å². The first-order valence-electron chi connectivity index (χ1n) is 9.40. The Bertz CT molecular complexity index is 840. The van der Waals surface area contributed by atoms with Gasteiger partial charge in [-0.25, -0.2) is 0 Å². The Morgan fingerprint density at radius 2 is 1.69 bits per heavy atom. The van der Waals surface area contributed by atoms with Gasteiger partial charge in [-0.15, -0.1) is 0 Å². The summed E-state index contributed by atoms with van der Waals surface area (Å²) in [6, 6.07) is 14.7. The van der Waals surface area contributed by atoms with Crippen molar-refractivity contribution in [2.75, 3.05) is 39.3 Å². The highest BCUT2D eigenvalue weighted by Crippen LogP contribution is 2.26. The number of hydrogen-bond acceptors (Lipinski definition) is 4. The molecule has 29 heavy (non-hydrogen) atoms. The van der Waals surface area contributed by atoms with Crippen LogP contribution < -0.4 is 10.1 Å². The Hall–Kier alpha value is -2.28. The molecule has 8 heteroatoms. The third-order valence-electron chi connectivity index (χ3n) is 4.70. The average molecular weight is 436 g/mol. The number of benzene rings is 2. The molecule has 2 aromatic carbocycles. The predicted octanol–water partition coefficient (Wildman–Crippen LogP) is 2.83. The zero-order valence-corrected chi connectivity index (χ0v) is 17.5. The molecular formula is C21H23Cl2N3O3. The normalized spacial score (nSPS) is 14.5. The van der Waals surface area contributed by atoms with E-state index in [-0.39, 0.29) is 25.0 Å². The molecule has 1 aliphatic rings. The van der Waals surface area contributed by atoms with Crippen LogP contribution in [-0.2, 0) is 16.1 Å². The van der Waals surface area contributed by atoms with Gasteiger partial charge >= 0.3 is 0 Å². The number of amides is 2. The van der Waals surface area contributed by atoms with E-state index in [1.54, 1.807) is 23.1 Å². The third kappa shape index (κ3) is 6.35. The maximum Gasteiger partial charge on any atom is 0.258 e. The molecule has 3 rings (SSSR count). The summed E-state index contributed by atoms with van der Waals surface area (Å²) >= 11 is 12.3. The second kappa shape index (κ2) is 10.5. The minimum absolute atomic E-state index is 0.0307. The molecule has 1 N–H and O–H groups in total. The van der Waals surface area contributed by atoms with Crippen molar-refractivity contribution in [2.24, 2.45) is 0 Å². The lowest BCUT2D eigenvalue weighted by Gasteiger charge is -2.35. The predicted molar refractivity (Wildman–Crippen MR) is 113 cm³/mol. The molecule has 2 amide bonds. The van der Waals surface area contributed by atoms with Gasteiger partial charge in [0.05, 0.1) is 16.6 Å². The van der Waals surface area contributed by atoms with Crippen molar-refractivity contribution in [3.8, 4) is 5.75 Å². The zero-order valence-electron chi connectivity index (χ0n) is 15.9. The summed E-state index contributed by atoms with van der Waals surface area (Å²) in [7, 11) is 0. The van der Waals surface area contributed by atoms with Crippen LogP contribution in [0.2, 0.25) is 10.0 Å². The van der Waals surface area contributed by atoms with E-state index < -0.39 is 0 Å². The number of halogens is 2. The third-order valence-corrected chi connectivity index (χ3v) is 5.56. The molecule has 1 saturated heterocycles. The molecule has 154 valence electrons. The molecule has 1 aliphatic heterocycles. The summed E-state index contributed by atoms with van der Waals surface area (Å²) in [5.41, 5.74) is 0.977. The molecular weight excluding hydrogens is 413 g/mol. The molecule has 0 bridgehead atoms. The summed E-state index contributed by atoms with van der Waals surface area (Å²) in [6.07, 6.45) is 0. The maximum absolute atomic E-state index is 12.4. The molecule has 2 aromatic rings. The van der Waals surface area contributed by atoms with E-state index >= 15 is 0 Å². The van der Waals surface area contributed by atoms with Gasteiger partial charge in [-0.3, -0.25) is 14.5 Å². The van der Waals surface area contributed by atoms with E-state index in [1.807, 2.05) is 30.3 Å². The lowest BCUT2D eigenvalue weighted by Crippen LogP contribution is -2.51. The van der Waals surface area contributed by atoms with Crippen molar-refractivity contribution < 1.29 is 14.3 Å². The topological polar surface area (TPSA) is 61.9 Å². The molecule has 1 heterocycles. The Kier molecular flexibility index (Phi) is 7.75. The first-order chi connectivity index (χ1) is 14.0. The minimum atomic E-state index is -0.323. The number of carbonyl (C=O) groups is 2. The minimum Gasteiger partial charge on any atom is -0.484 e. The number of carbonyl (C=O) groups excluding carboxylic acids is 2. The second-order valence-electron chi connectivity index (χ2n) is 6.75. The Morgan fingerprint density at radius 1 is 0.966 bits per heavy atom. The van der Waals surface area contributed by atoms with Crippen LogP contribution in [0, 0.1) is 0 Å². The first-order valence-corrected chi connectivity index (χ1v) is 10.2. The maximum atomic E-state index is 12.4. The van der Waals surface area contributed by atoms with Crippen molar-refractivity contribution >= 4 is 35.0 Å². The fourth-order valence-corrected chi connectivity index (χ4v) is 3.45. The van der Waals surface area contributed by atoms with E-state index in [0.29, 0.717) is 35.4 Å². The molecule has 1 fully saturated rings. The summed E-state index contributed by atoms with van der Waals surface area (Å²) in [5.74, 6) is 0.194. The standard InChI is InChI=1S/C21H23Cl2N3O3/c22-18-8-4-5-16(21(18)23)14-25-9-11-26(12-10-25)20(28)13-24-19(27)15-29-17-6-2-1-3-7-17/h1-8H,9-15H2,(H,24,27). The highest BCUT2D eigenvalue weighted by atomic mass is 35.5. The molecule has 6 nitrogen and oxygen atoms in total. The van der Waals surface area contributed by atoms with Gasteiger partial charge < -0.3 is 15.0 Å². The number of ether oxygens (including phenoxy) is 1. The number of piperazine rings is 1. The van der Waals surface area contributed by atoms with Crippen molar-refractivity contribution in [2.45, 2.75) is 6.54 Å². The van der Waals surface area contributed by atoms with Crippen molar-refractivity contribution in [1.29, 1.82) is 0 Å². The van der Waals surface area contributed by atoms with Crippen LogP contribution >= 0.6 is 23.2 Å². The Balaban J connectivity index is 1.37. The first kappa shape index (κ1) is 21.4. The van der Waals surface area contributed by atoms with E-state index in [4.69, 9.17) is 27.9 Å². The SMILES string of the molecule is O=C(COc1ccccc1)NCC(=O)N1CCN(Cc2cccc(Cl)c2Cl)CC1. The van der Waals surface area contributed by atoms with Gasteiger partial charge in [0.25, 0.3) is 5.91 Å². The highest BCUT2D eigenvalue weighted by Gasteiger charge is 2.22. The Labute approximate surface area is 180 Å². The molecule has 0 atom stereocenters. The van der Waals surface area contributed by atoms with Gasteiger partial charge in [-0.05, 0) is 23.8 Å².